The Hall–Kier alpha value is -0.570. The molecule has 0 aromatic rings. The largest absolute Gasteiger partial charge is 0.396 e. The number of aliphatic hydroxyl groups is 1. The summed E-state index contributed by atoms with van der Waals surface area (Å²) in [6.45, 7) is 5.07. The smallest absolute Gasteiger partial charge is 0.223 e. The standard InChI is InChI=1S/C18H31NO2/c1-13(2)19(4-3-5-20)17(21)12-18-9-14-6-15(10-18)8-16(7-14)11-18/h13-16,20H,3-12H2,1-2H3. The van der Waals surface area contributed by atoms with Crippen molar-refractivity contribution in [2.24, 2.45) is 23.2 Å². The van der Waals surface area contributed by atoms with Gasteiger partial charge in [-0.25, -0.2) is 0 Å². The maximum atomic E-state index is 12.8. The predicted molar refractivity (Wildman–Crippen MR) is 83.8 cm³/mol. The molecule has 0 aliphatic heterocycles. The van der Waals surface area contributed by atoms with Gasteiger partial charge in [0.15, 0.2) is 0 Å². The number of nitrogens with zero attached hydrogens (tertiary/aromatic N) is 1. The first-order valence-corrected chi connectivity index (χ1v) is 8.92. The van der Waals surface area contributed by atoms with Crippen LogP contribution in [-0.4, -0.2) is 35.1 Å². The van der Waals surface area contributed by atoms with Crippen molar-refractivity contribution in [2.45, 2.75) is 71.3 Å². The summed E-state index contributed by atoms with van der Waals surface area (Å²) in [4.78, 5) is 14.8. The van der Waals surface area contributed by atoms with E-state index in [4.69, 9.17) is 5.11 Å². The molecule has 4 rings (SSSR count). The molecule has 3 nitrogen and oxygen atoms in total. The van der Waals surface area contributed by atoms with Crippen LogP contribution in [-0.2, 0) is 4.79 Å². The number of aliphatic hydroxyl groups excluding tert-OH is 1. The number of hydrogen-bond acceptors (Lipinski definition) is 2. The van der Waals surface area contributed by atoms with Gasteiger partial charge in [0.25, 0.3) is 0 Å². The van der Waals surface area contributed by atoms with Gasteiger partial charge in [0.2, 0.25) is 5.91 Å². The zero-order chi connectivity index (χ0) is 15.0. The maximum absolute atomic E-state index is 12.8. The van der Waals surface area contributed by atoms with Gasteiger partial charge in [0.05, 0.1) is 0 Å². The Kier molecular flexibility index (Phi) is 4.31. The monoisotopic (exact) mass is 293 g/mol. The minimum atomic E-state index is 0.174. The Morgan fingerprint density at radius 3 is 2.10 bits per heavy atom. The SMILES string of the molecule is CC(C)N(CCCO)C(=O)CC12CC3CC(CC(C3)C1)C2. The quantitative estimate of drug-likeness (QED) is 0.817. The van der Waals surface area contributed by atoms with E-state index >= 15 is 0 Å². The molecule has 0 spiro atoms. The third kappa shape index (κ3) is 3.13. The molecular weight excluding hydrogens is 262 g/mol. The van der Waals surface area contributed by atoms with E-state index in [1.807, 2.05) is 4.90 Å². The van der Waals surface area contributed by atoms with Crippen LogP contribution in [0.15, 0.2) is 0 Å². The molecular formula is C18H31NO2. The molecule has 0 heterocycles. The lowest BCUT2D eigenvalue weighted by Crippen LogP contribution is -2.49. The molecule has 0 atom stereocenters. The van der Waals surface area contributed by atoms with Crippen LogP contribution in [0.2, 0.25) is 0 Å². The third-order valence-electron chi connectivity index (χ3n) is 6.19. The van der Waals surface area contributed by atoms with Gasteiger partial charge >= 0.3 is 0 Å². The van der Waals surface area contributed by atoms with E-state index in [-0.39, 0.29) is 12.6 Å². The van der Waals surface area contributed by atoms with Gasteiger partial charge in [-0.3, -0.25) is 4.79 Å². The minimum absolute atomic E-state index is 0.174. The van der Waals surface area contributed by atoms with Crippen LogP contribution in [0.1, 0.15) is 65.2 Å². The van der Waals surface area contributed by atoms with E-state index in [2.05, 4.69) is 13.8 Å². The molecule has 4 fully saturated rings. The van der Waals surface area contributed by atoms with Gasteiger partial charge in [-0.2, -0.15) is 0 Å². The van der Waals surface area contributed by atoms with E-state index < -0.39 is 0 Å². The summed E-state index contributed by atoms with van der Waals surface area (Å²) < 4.78 is 0. The molecule has 3 heteroatoms. The van der Waals surface area contributed by atoms with Crippen molar-refractivity contribution in [2.75, 3.05) is 13.2 Å². The average molecular weight is 293 g/mol. The minimum Gasteiger partial charge on any atom is -0.396 e. The van der Waals surface area contributed by atoms with Crippen LogP contribution in [0, 0.1) is 23.2 Å². The van der Waals surface area contributed by atoms with E-state index in [1.54, 1.807) is 0 Å². The first kappa shape index (κ1) is 15.3. The number of carbonyl (C=O) groups excluding carboxylic acids is 1. The molecule has 0 aromatic carbocycles. The van der Waals surface area contributed by atoms with E-state index in [0.29, 0.717) is 24.3 Å². The predicted octanol–water partition coefficient (Wildman–Crippen LogP) is 3.21. The van der Waals surface area contributed by atoms with Crippen molar-refractivity contribution in [3.63, 3.8) is 0 Å². The summed E-state index contributed by atoms with van der Waals surface area (Å²) in [7, 11) is 0. The van der Waals surface area contributed by atoms with Crippen molar-refractivity contribution in [1.29, 1.82) is 0 Å². The molecule has 4 aliphatic rings. The normalized spacial score (nSPS) is 37.2. The molecule has 1 N–H and O–H groups in total. The average Bonchev–Trinajstić information content (AvgIpc) is 2.36. The van der Waals surface area contributed by atoms with Crippen LogP contribution in [0.3, 0.4) is 0 Å². The zero-order valence-corrected chi connectivity index (χ0v) is 13.7. The number of rotatable bonds is 6. The molecule has 0 unspecified atom stereocenters. The Balaban J connectivity index is 1.66. The second-order valence-electron chi connectivity index (χ2n) is 8.35. The maximum Gasteiger partial charge on any atom is 0.223 e. The van der Waals surface area contributed by atoms with Crippen LogP contribution in [0.25, 0.3) is 0 Å². The number of hydrogen-bond donors (Lipinski definition) is 1. The van der Waals surface area contributed by atoms with Crippen molar-refractivity contribution in [1.82, 2.24) is 4.90 Å². The molecule has 0 radical (unpaired) electrons. The Morgan fingerprint density at radius 2 is 1.67 bits per heavy atom. The van der Waals surface area contributed by atoms with Gasteiger partial charge in [-0.15, -0.1) is 0 Å². The van der Waals surface area contributed by atoms with Gasteiger partial charge in [-0.05, 0) is 82.0 Å². The summed E-state index contributed by atoms with van der Waals surface area (Å²) in [6.07, 6.45) is 9.68. The Labute approximate surface area is 129 Å². The highest BCUT2D eigenvalue weighted by molar-refractivity contribution is 5.77. The van der Waals surface area contributed by atoms with Gasteiger partial charge in [0, 0.05) is 25.6 Å². The van der Waals surface area contributed by atoms with Gasteiger partial charge < -0.3 is 10.0 Å². The van der Waals surface area contributed by atoms with Crippen molar-refractivity contribution in [3.05, 3.63) is 0 Å². The van der Waals surface area contributed by atoms with Crippen LogP contribution in [0.4, 0.5) is 0 Å². The fourth-order valence-corrected chi connectivity index (χ4v) is 5.84. The lowest BCUT2D eigenvalue weighted by molar-refractivity contribution is -0.141. The van der Waals surface area contributed by atoms with E-state index in [1.165, 1.54) is 38.5 Å². The highest BCUT2D eigenvalue weighted by atomic mass is 16.3. The van der Waals surface area contributed by atoms with Crippen LogP contribution in [0.5, 0.6) is 0 Å². The molecule has 4 aliphatic carbocycles. The summed E-state index contributed by atoms with van der Waals surface area (Å²) in [6, 6.07) is 0.248. The summed E-state index contributed by atoms with van der Waals surface area (Å²) in [5, 5.41) is 9.04. The van der Waals surface area contributed by atoms with Crippen molar-refractivity contribution >= 4 is 5.91 Å². The van der Waals surface area contributed by atoms with Crippen molar-refractivity contribution in [3.8, 4) is 0 Å². The second-order valence-corrected chi connectivity index (χ2v) is 8.35. The Morgan fingerprint density at radius 1 is 1.14 bits per heavy atom. The van der Waals surface area contributed by atoms with Crippen LogP contribution >= 0.6 is 0 Å². The lowest BCUT2D eigenvalue weighted by Gasteiger charge is -2.57. The fourth-order valence-electron chi connectivity index (χ4n) is 5.84. The number of carbonyl (C=O) groups is 1. The fraction of sp³-hybridized carbons (Fsp3) is 0.944. The summed E-state index contributed by atoms with van der Waals surface area (Å²) in [5.41, 5.74) is 0.332. The highest BCUT2D eigenvalue weighted by Crippen LogP contribution is 2.61. The second kappa shape index (κ2) is 5.91. The molecule has 120 valence electrons. The molecule has 21 heavy (non-hydrogen) atoms. The highest BCUT2D eigenvalue weighted by Gasteiger charge is 2.51. The lowest BCUT2D eigenvalue weighted by atomic mass is 9.49. The summed E-state index contributed by atoms with van der Waals surface area (Å²) >= 11 is 0. The first-order valence-electron chi connectivity index (χ1n) is 8.92. The number of amides is 1. The molecule has 4 bridgehead atoms. The van der Waals surface area contributed by atoms with E-state index in [9.17, 15) is 4.79 Å². The Bertz CT molecular complexity index is 355. The third-order valence-corrected chi connectivity index (χ3v) is 6.19. The molecule has 1 amide bonds. The molecule has 4 saturated carbocycles. The van der Waals surface area contributed by atoms with Crippen LogP contribution < -0.4 is 0 Å². The molecule has 0 saturated heterocycles. The summed E-state index contributed by atoms with van der Waals surface area (Å²) in [5.74, 6) is 3.07. The topological polar surface area (TPSA) is 40.5 Å². The zero-order valence-electron chi connectivity index (χ0n) is 13.7. The first-order chi connectivity index (χ1) is 10.0. The van der Waals surface area contributed by atoms with Gasteiger partial charge in [-0.1, -0.05) is 0 Å². The van der Waals surface area contributed by atoms with E-state index in [0.717, 1.165) is 24.2 Å². The van der Waals surface area contributed by atoms with Gasteiger partial charge in [0.1, 0.15) is 0 Å². The molecule has 0 aromatic heterocycles. The van der Waals surface area contributed by atoms with Crippen molar-refractivity contribution < 1.29 is 9.90 Å².